The van der Waals surface area contributed by atoms with Gasteiger partial charge >= 0.3 is 0 Å². The molecule has 3 N–H and O–H groups in total. The Morgan fingerprint density at radius 3 is 1.86 bits per heavy atom. The molecule has 306 valence electrons. The predicted octanol–water partition coefficient (Wildman–Crippen LogP) is 7.13. The van der Waals surface area contributed by atoms with E-state index in [0.29, 0.717) is 93.7 Å². The molecule has 0 saturated carbocycles. The maximum atomic E-state index is 15.4. The van der Waals surface area contributed by atoms with Gasteiger partial charge in [-0.15, -0.1) is 0 Å². The Balaban J connectivity index is 0.000000157. The van der Waals surface area contributed by atoms with E-state index in [4.69, 9.17) is 10.7 Å². The minimum absolute atomic E-state index is 0.160. The highest BCUT2D eigenvalue weighted by Crippen LogP contribution is 2.41. The molecule has 59 heavy (non-hydrogen) atoms. The van der Waals surface area contributed by atoms with Crippen molar-refractivity contribution < 1.29 is 8.78 Å². The van der Waals surface area contributed by atoms with E-state index < -0.39 is 0 Å². The first-order valence-electron chi connectivity index (χ1n) is 20.9. The number of halogens is 2. The van der Waals surface area contributed by atoms with Crippen LogP contribution in [0.5, 0.6) is 0 Å². The van der Waals surface area contributed by atoms with E-state index in [1.54, 1.807) is 30.7 Å². The van der Waals surface area contributed by atoms with E-state index >= 15 is 4.39 Å². The summed E-state index contributed by atoms with van der Waals surface area (Å²) in [5.41, 5.74) is 13.6. The third kappa shape index (κ3) is 7.99. The summed E-state index contributed by atoms with van der Waals surface area (Å²) in [4.78, 5) is 36.0. The van der Waals surface area contributed by atoms with Gasteiger partial charge in [0.2, 0.25) is 0 Å². The Hall–Kier alpha value is -5.47. The van der Waals surface area contributed by atoms with Gasteiger partial charge in [-0.1, -0.05) is 24.3 Å². The van der Waals surface area contributed by atoms with Gasteiger partial charge in [0, 0.05) is 43.2 Å². The van der Waals surface area contributed by atoms with E-state index in [0.717, 1.165) is 35.6 Å². The van der Waals surface area contributed by atoms with E-state index in [9.17, 15) is 4.39 Å². The minimum atomic E-state index is -0.182. The second kappa shape index (κ2) is 16.3. The van der Waals surface area contributed by atoms with Crippen molar-refractivity contribution in [3.8, 4) is 11.5 Å². The second-order valence-electron chi connectivity index (χ2n) is 16.8. The summed E-state index contributed by atoms with van der Waals surface area (Å²) < 4.78 is 32.0. The lowest BCUT2D eigenvalue weighted by molar-refractivity contribution is 0.0870. The number of benzene rings is 2. The van der Waals surface area contributed by atoms with Crippen LogP contribution in [-0.2, 0) is 13.1 Å². The van der Waals surface area contributed by atoms with Crippen molar-refractivity contribution >= 4 is 22.7 Å². The van der Waals surface area contributed by atoms with Crippen LogP contribution >= 0.6 is 0 Å². The first-order chi connectivity index (χ1) is 28.6. The number of aryl methyl sites for hydroxylation is 4. The topological polar surface area (TPSA) is 140 Å². The Morgan fingerprint density at radius 2 is 1.31 bits per heavy atom. The zero-order valence-electron chi connectivity index (χ0n) is 34.3. The molecule has 10 heterocycles. The Morgan fingerprint density at radius 1 is 0.712 bits per heavy atom. The van der Waals surface area contributed by atoms with Crippen molar-refractivity contribution in [3.05, 3.63) is 112 Å². The van der Waals surface area contributed by atoms with Crippen LogP contribution < -0.4 is 11.1 Å². The summed E-state index contributed by atoms with van der Waals surface area (Å²) in [5.74, 6) is 4.42. The van der Waals surface area contributed by atoms with Gasteiger partial charge in [-0.05, 0) is 126 Å². The number of nitrogens with one attached hydrogen (secondary N) is 1. The number of hydrogen-bond donors (Lipinski definition) is 2. The van der Waals surface area contributed by atoms with Crippen LogP contribution in [0.3, 0.4) is 0 Å². The van der Waals surface area contributed by atoms with Crippen molar-refractivity contribution in [1.29, 1.82) is 0 Å². The molecule has 0 aliphatic carbocycles. The molecule has 0 spiro atoms. The Kier molecular flexibility index (Phi) is 10.8. The number of nitrogens with two attached hydrogens (primary N) is 1. The third-order valence-electron chi connectivity index (χ3n) is 13.0. The van der Waals surface area contributed by atoms with Crippen molar-refractivity contribution in [2.75, 3.05) is 50.3 Å². The summed E-state index contributed by atoms with van der Waals surface area (Å²) in [6, 6.07) is 11.5. The van der Waals surface area contributed by atoms with Gasteiger partial charge in [0.25, 0.3) is 0 Å². The number of imidazole rings is 1. The summed E-state index contributed by atoms with van der Waals surface area (Å²) in [6.45, 7) is 15.0. The third-order valence-corrected chi connectivity index (χ3v) is 13.0. The molecular weight excluding hydrogens is 747 g/mol. The molecule has 6 aliphatic rings. The molecule has 4 bridgehead atoms. The first-order valence-corrected chi connectivity index (χ1v) is 20.9. The molecular formula is C45H52F2N12. The van der Waals surface area contributed by atoms with Crippen LogP contribution in [0.1, 0.15) is 82.8 Å². The van der Waals surface area contributed by atoms with E-state index in [1.807, 2.05) is 44.4 Å². The molecule has 4 aromatic heterocycles. The zero-order chi connectivity index (χ0) is 40.8. The summed E-state index contributed by atoms with van der Waals surface area (Å²) >= 11 is 0. The molecule has 6 aliphatic heterocycles. The van der Waals surface area contributed by atoms with Gasteiger partial charge in [-0.25, -0.2) is 38.7 Å². The monoisotopic (exact) mass is 798 g/mol. The zero-order valence-corrected chi connectivity index (χ0v) is 34.3. The number of aromatic nitrogens is 8. The average molecular weight is 799 g/mol. The van der Waals surface area contributed by atoms with Gasteiger partial charge in [0.05, 0.1) is 29.8 Å². The smallest absolute Gasteiger partial charge is 0.164 e. The molecule has 0 radical (unpaired) electrons. The second-order valence-corrected chi connectivity index (χ2v) is 16.8. The van der Waals surface area contributed by atoms with Gasteiger partial charge in [-0.2, -0.15) is 0 Å². The molecule has 2 unspecified atom stereocenters. The minimum Gasteiger partial charge on any atom is -0.394 e. The maximum Gasteiger partial charge on any atom is 0.164 e. The highest BCUT2D eigenvalue weighted by atomic mass is 19.1. The highest BCUT2D eigenvalue weighted by molar-refractivity contribution is 5.78. The lowest BCUT2D eigenvalue weighted by atomic mass is 9.75. The number of rotatable bonds is 8. The maximum absolute atomic E-state index is 15.4. The largest absolute Gasteiger partial charge is 0.394 e. The van der Waals surface area contributed by atoms with Crippen molar-refractivity contribution in [2.45, 2.75) is 78.3 Å². The standard InChI is InChI=1S/C25H26FN7.C20H26FN5/c1-15-23-25(30-16(2)29-15)33(24(31-23)22-12-27-7-8-28-22)13-19-4-3-18(11-21(19)26)20-14-32-9-5-17(20)6-10-32;1-12-19(22)20(25-13(2)24-12)23-10-16-4-3-15(9-18(16)21)17-11-26-7-5-14(17)6-8-26/h3-4,7-8,11-12,17,20H,5-6,9-10,13-14H2,1-2H3;3-4,9,14,17H,5-8,10-11,22H2,1-2H3,(H,23,24,25). The van der Waals surface area contributed by atoms with Crippen molar-refractivity contribution in [1.82, 2.24) is 49.3 Å². The lowest BCUT2D eigenvalue weighted by Gasteiger charge is -2.45. The molecule has 2 atom stereocenters. The van der Waals surface area contributed by atoms with Crippen LogP contribution in [0.2, 0.25) is 0 Å². The Bertz CT molecular complexity index is 2470. The van der Waals surface area contributed by atoms with E-state index in [1.165, 1.54) is 51.9 Å². The fraction of sp³-hybridized carbons (Fsp3) is 0.444. The van der Waals surface area contributed by atoms with E-state index in [2.05, 4.69) is 57.2 Å². The van der Waals surface area contributed by atoms with Crippen LogP contribution in [0, 0.1) is 51.2 Å². The number of hydrogen-bond acceptors (Lipinski definition) is 11. The number of nitrogen functional groups attached to an aromatic ring is 1. The predicted molar refractivity (Wildman–Crippen MR) is 225 cm³/mol. The first kappa shape index (κ1) is 39.0. The number of nitrogens with zero attached hydrogens (tertiary/aromatic N) is 10. The van der Waals surface area contributed by atoms with Crippen molar-refractivity contribution in [2.24, 2.45) is 11.8 Å². The van der Waals surface area contributed by atoms with Gasteiger partial charge in [-0.3, -0.25) is 4.98 Å². The van der Waals surface area contributed by atoms with Gasteiger partial charge in [0.15, 0.2) is 17.3 Å². The van der Waals surface area contributed by atoms with Gasteiger partial charge < -0.3 is 25.4 Å². The highest BCUT2D eigenvalue weighted by Gasteiger charge is 2.36. The number of fused-ring (bicyclic) bond motifs is 7. The fourth-order valence-corrected chi connectivity index (χ4v) is 9.78. The van der Waals surface area contributed by atoms with Crippen molar-refractivity contribution in [3.63, 3.8) is 0 Å². The van der Waals surface area contributed by atoms with Crippen LogP contribution in [0.15, 0.2) is 55.0 Å². The van der Waals surface area contributed by atoms with Gasteiger partial charge in [0.1, 0.15) is 34.5 Å². The molecule has 2 aromatic carbocycles. The summed E-state index contributed by atoms with van der Waals surface area (Å²) in [7, 11) is 0. The molecule has 14 heteroatoms. The van der Waals surface area contributed by atoms with Crippen LogP contribution in [-0.4, -0.2) is 88.5 Å². The normalized spacial score (nSPS) is 23.3. The molecule has 6 saturated heterocycles. The molecule has 12 rings (SSSR count). The summed E-state index contributed by atoms with van der Waals surface area (Å²) in [5, 5.41) is 3.15. The Labute approximate surface area is 343 Å². The molecule has 6 fully saturated rings. The number of anilines is 2. The van der Waals surface area contributed by atoms with Crippen LogP contribution in [0.25, 0.3) is 22.7 Å². The molecule has 0 amide bonds. The lowest BCUT2D eigenvalue weighted by Crippen LogP contribution is -2.46. The molecule has 6 aromatic rings. The quantitative estimate of drug-likeness (QED) is 0.163. The number of piperidine rings is 6. The summed E-state index contributed by atoms with van der Waals surface area (Å²) in [6.07, 6.45) is 9.83. The van der Waals surface area contributed by atoms with E-state index in [-0.39, 0.29) is 11.6 Å². The average Bonchev–Trinajstić information content (AvgIpc) is 3.62. The van der Waals surface area contributed by atoms with Crippen LogP contribution in [0.4, 0.5) is 20.3 Å². The molecule has 12 nitrogen and oxygen atoms in total. The SMILES string of the molecule is Cc1nc(C)c(N)c(NCc2ccc(C3CN4CCC3CC4)cc2F)n1.Cc1nc(C)c2nc(-c3cnccn3)n(Cc3ccc(C4CN5CCC4CC5)cc3F)c2n1. The fourth-order valence-electron chi connectivity index (χ4n) is 9.78.